The summed E-state index contributed by atoms with van der Waals surface area (Å²) in [6.45, 7) is 11.7. The van der Waals surface area contributed by atoms with Crippen LogP contribution < -0.4 is 10.6 Å². The fraction of sp³-hybridized carbons (Fsp3) is 0.923. The van der Waals surface area contributed by atoms with Gasteiger partial charge in [0.25, 0.3) is 0 Å². The highest BCUT2D eigenvalue weighted by atomic mass is 16.6. The Morgan fingerprint density at radius 2 is 2.00 bits per heavy atom. The molecule has 4 nitrogen and oxygen atoms in total. The molecule has 0 radical (unpaired) electrons. The Hall–Kier alpha value is -0.770. The molecule has 1 atom stereocenters. The molecule has 0 spiro atoms. The van der Waals surface area contributed by atoms with E-state index in [4.69, 9.17) is 4.74 Å². The van der Waals surface area contributed by atoms with Crippen molar-refractivity contribution in [2.24, 2.45) is 5.41 Å². The fourth-order valence-electron chi connectivity index (χ4n) is 2.09. The molecule has 0 aromatic carbocycles. The number of ether oxygens (including phenoxy) is 1. The van der Waals surface area contributed by atoms with Crippen LogP contribution in [0.4, 0.5) is 4.79 Å². The third-order valence-corrected chi connectivity index (χ3v) is 3.09. The van der Waals surface area contributed by atoms with E-state index in [-0.39, 0.29) is 11.5 Å². The largest absolute Gasteiger partial charge is 0.444 e. The molecule has 1 aliphatic rings. The topological polar surface area (TPSA) is 50.4 Å². The summed E-state index contributed by atoms with van der Waals surface area (Å²) in [6.07, 6.45) is 2.08. The minimum absolute atomic E-state index is 0.0629. The lowest BCUT2D eigenvalue weighted by Crippen LogP contribution is -2.46. The van der Waals surface area contributed by atoms with E-state index < -0.39 is 5.60 Å². The molecule has 1 aliphatic heterocycles. The lowest BCUT2D eigenvalue weighted by molar-refractivity contribution is 0.0498. The number of hydrogen-bond donors (Lipinski definition) is 2. The zero-order chi connectivity index (χ0) is 13.1. The second-order valence-electron chi connectivity index (χ2n) is 6.49. The first-order valence-corrected chi connectivity index (χ1v) is 6.41. The maximum Gasteiger partial charge on any atom is 0.407 e. The normalized spacial score (nSPS) is 21.4. The smallest absolute Gasteiger partial charge is 0.407 e. The number of alkyl carbamates (subject to hydrolysis) is 1. The van der Waals surface area contributed by atoms with Gasteiger partial charge < -0.3 is 15.4 Å². The highest BCUT2D eigenvalue weighted by molar-refractivity contribution is 5.67. The zero-order valence-electron chi connectivity index (χ0n) is 11.7. The van der Waals surface area contributed by atoms with Crippen LogP contribution >= 0.6 is 0 Å². The van der Waals surface area contributed by atoms with Gasteiger partial charge in [-0.25, -0.2) is 4.79 Å². The lowest BCUT2D eigenvalue weighted by Gasteiger charge is -2.32. The Balaban J connectivity index is 2.36. The molecule has 1 amide bonds. The fourth-order valence-corrected chi connectivity index (χ4v) is 2.09. The Bertz CT molecular complexity index is 263. The number of rotatable bonds is 3. The van der Waals surface area contributed by atoms with E-state index in [9.17, 15) is 4.79 Å². The van der Waals surface area contributed by atoms with E-state index in [1.807, 2.05) is 20.8 Å². The van der Waals surface area contributed by atoms with Crippen molar-refractivity contribution in [2.45, 2.75) is 59.1 Å². The van der Waals surface area contributed by atoms with Gasteiger partial charge in [-0.15, -0.1) is 0 Å². The maximum absolute atomic E-state index is 11.6. The van der Waals surface area contributed by atoms with Gasteiger partial charge in [0, 0.05) is 12.6 Å². The van der Waals surface area contributed by atoms with Crippen LogP contribution in [0.25, 0.3) is 0 Å². The number of carbonyl (C=O) groups is 1. The van der Waals surface area contributed by atoms with Gasteiger partial charge in [0.1, 0.15) is 5.60 Å². The van der Waals surface area contributed by atoms with Crippen molar-refractivity contribution in [3.63, 3.8) is 0 Å². The van der Waals surface area contributed by atoms with Gasteiger partial charge in [-0.2, -0.15) is 0 Å². The molecule has 2 N–H and O–H groups in total. The molecule has 1 fully saturated rings. The van der Waals surface area contributed by atoms with Crippen molar-refractivity contribution in [1.29, 1.82) is 0 Å². The Morgan fingerprint density at radius 3 is 2.47 bits per heavy atom. The minimum atomic E-state index is -0.431. The monoisotopic (exact) mass is 242 g/mol. The number of hydrogen-bond acceptors (Lipinski definition) is 3. The molecule has 0 aliphatic carbocycles. The van der Waals surface area contributed by atoms with E-state index in [0.717, 1.165) is 6.54 Å². The highest BCUT2D eigenvalue weighted by Crippen LogP contribution is 2.26. The summed E-state index contributed by atoms with van der Waals surface area (Å²) in [5.74, 6) is 0. The number of amides is 1. The van der Waals surface area contributed by atoms with Crippen LogP contribution in [0.3, 0.4) is 0 Å². The molecule has 1 rings (SSSR count). The summed E-state index contributed by atoms with van der Waals surface area (Å²) in [4.78, 5) is 11.6. The summed E-state index contributed by atoms with van der Waals surface area (Å²) in [5, 5.41) is 6.33. The van der Waals surface area contributed by atoms with E-state index in [1.54, 1.807) is 0 Å². The first-order valence-electron chi connectivity index (χ1n) is 6.41. The molecular formula is C13H26N2O2. The second kappa shape index (κ2) is 5.25. The Kier molecular flexibility index (Phi) is 4.42. The van der Waals surface area contributed by atoms with Crippen molar-refractivity contribution in [2.75, 3.05) is 13.1 Å². The summed E-state index contributed by atoms with van der Waals surface area (Å²) in [6, 6.07) is 0.484. The molecule has 0 aromatic rings. The zero-order valence-corrected chi connectivity index (χ0v) is 11.7. The molecular weight excluding hydrogens is 216 g/mol. The van der Waals surface area contributed by atoms with Crippen LogP contribution in [-0.4, -0.2) is 30.8 Å². The van der Waals surface area contributed by atoms with Crippen LogP contribution in [0.2, 0.25) is 0 Å². The van der Waals surface area contributed by atoms with Crippen molar-refractivity contribution in [1.82, 2.24) is 10.6 Å². The molecule has 4 heteroatoms. The highest BCUT2D eigenvalue weighted by Gasteiger charge is 2.32. The average Bonchev–Trinajstić information content (AvgIpc) is 2.65. The van der Waals surface area contributed by atoms with Crippen molar-refractivity contribution in [3.05, 3.63) is 0 Å². The quantitative estimate of drug-likeness (QED) is 0.798. The average molecular weight is 242 g/mol. The van der Waals surface area contributed by atoms with E-state index in [2.05, 4.69) is 24.5 Å². The summed E-state index contributed by atoms with van der Waals surface area (Å²) >= 11 is 0. The van der Waals surface area contributed by atoms with Gasteiger partial charge in [0.2, 0.25) is 0 Å². The van der Waals surface area contributed by atoms with E-state index >= 15 is 0 Å². The van der Waals surface area contributed by atoms with Crippen LogP contribution in [0.1, 0.15) is 47.5 Å². The Labute approximate surface area is 104 Å². The molecule has 0 saturated carbocycles. The molecule has 0 aromatic heterocycles. The van der Waals surface area contributed by atoms with Crippen molar-refractivity contribution >= 4 is 6.09 Å². The standard InChI is InChI=1S/C13H26N2O2/c1-12(2,3)17-11(16)15-9-13(4,5)10-7-6-8-14-10/h10,14H,6-9H2,1-5H3,(H,15,16)/t10-/m1/s1. The van der Waals surface area contributed by atoms with Crippen LogP contribution in [0.15, 0.2) is 0 Å². The second-order valence-corrected chi connectivity index (χ2v) is 6.49. The summed E-state index contributed by atoms with van der Waals surface area (Å²) in [7, 11) is 0. The Morgan fingerprint density at radius 1 is 1.35 bits per heavy atom. The van der Waals surface area contributed by atoms with Gasteiger partial charge >= 0.3 is 6.09 Å². The summed E-state index contributed by atoms with van der Waals surface area (Å²) in [5.41, 5.74) is -0.368. The van der Waals surface area contributed by atoms with Crippen LogP contribution in [-0.2, 0) is 4.74 Å². The van der Waals surface area contributed by atoms with E-state index in [1.165, 1.54) is 12.8 Å². The van der Waals surface area contributed by atoms with Gasteiger partial charge in [-0.1, -0.05) is 13.8 Å². The van der Waals surface area contributed by atoms with Gasteiger partial charge in [0.15, 0.2) is 0 Å². The molecule has 0 unspecified atom stereocenters. The van der Waals surface area contributed by atoms with Crippen LogP contribution in [0.5, 0.6) is 0 Å². The predicted octanol–water partition coefficient (Wildman–Crippen LogP) is 2.29. The predicted molar refractivity (Wildman–Crippen MR) is 69.0 cm³/mol. The third-order valence-electron chi connectivity index (χ3n) is 3.09. The van der Waals surface area contributed by atoms with Crippen molar-refractivity contribution < 1.29 is 9.53 Å². The number of nitrogens with one attached hydrogen (secondary N) is 2. The van der Waals surface area contributed by atoms with Crippen molar-refractivity contribution in [3.8, 4) is 0 Å². The molecule has 1 heterocycles. The molecule has 17 heavy (non-hydrogen) atoms. The van der Waals surface area contributed by atoms with E-state index in [0.29, 0.717) is 12.6 Å². The molecule has 1 saturated heterocycles. The maximum atomic E-state index is 11.6. The van der Waals surface area contributed by atoms with Gasteiger partial charge in [0.05, 0.1) is 0 Å². The summed E-state index contributed by atoms with van der Waals surface area (Å²) < 4.78 is 5.23. The number of carbonyl (C=O) groups excluding carboxylic acids is 1. The first-order chi connectivity index (χ1) is 7.71. The van der Waals surface area contributed by atoms with Gasteiger partial charge in [-0.3, -0.25) is 0 Å². The SMILES string of the molecule is CC(C)(C)OC(=O)NCC(C)(C)[C@H]1CCCN1. The molecule has 0 bridgehead atoms. The third kappa shape index (κ3) is 4.94. The molecule has 100 valence electrons. The van der Waals surface area contributed by atoms with Crippen LogP contribution in [0, 0.1) is 5.41 Å². The van der Waals surface area contributed by atoms with Gasteiger partial charge in [-0.05, 0) is 45.6 Å². The first kappa shape index (κ1) is 14.3. The minimum Gasteiger partial charge on any atom is -0.444 e. The lowest BCUT2D eigenvalue weighted by atomic mass is 9.83.